The van der Waals surface area contributed by atoms with Gasteiger partial charge in [0.1, 0.15) is 0 Å². The van der Waals surface area contributed by atoms with E-state index in [2.05, 4.69) is 40.8 Å². The Kier molecular flexibility index (Phi) is 4.38. The molecule has 11 heavy (non-hydrogen) atoms. The van der Waals surface area contributed by atoms with E-state index in [0.717, 1.165) is 11.8 Å². The second kappa shape index (κ2) is 4.29. The van der Waals surface area contributed by atoms with Gasteiger partial charge in [0, 0.05) is 8.07 Å². The lowest BCUT2D eigenvalue weighted by molar-refractivity contribution is 0.681. The molecule has 0 rings (SSSR count). The Bertz CT molecular complexity index is 91.4. The molecule has 0 atom stereocenters. The summed E-state index contributed by atoms with van der Waals surface area (Å²) in [4.78, 5) is 0. The molecule has 0 aromatic heterocycles. The molecular weight excluding hydrogens is 148 g/mol. The fraction of sp³-hybridized carbons (Fsp3) is 1.00. The minimum Gasteiger partial charge on any atom is -0.0693 e. The van der Waals surface area contributed by atoms with Crippen LogP contribution in [0.3, 0.4) is 0 Å². The van der Waals surface area contributed by atoms with Gasteiger partial charge in [-0.1, -0.05) is 52.9 Å². The van der Waals surface area contributed by atoms with Gasteiger partial charge in [0.2, 0.25) is 0 Å². The average Bonchev–Trinajstić information content (AvgIpc) is 1.53. The summed E-state index contributed by atoms with van der Waals surface area (Å²) in [5.41, 5.74) is 0. The van der Waals surface area contributed by atoms with Crippen molar-refractivity contribution in [2.45, 2.75) is 52.9 Å². The highest BCUT2D eigenvalue weighted by molar-refractivity contribution is 6.77. The van der Waals surface area contributed by atoms with Crippen molar-refractivity contribution >= 4 is 8.07 Å². The fourth-order valence-electron chi connectivity index (χ4n) is 2.29. The first-order valence-electron chi connectivity index (χ1n) is 4.83. The Hall–Kier alpha value is 0.217. The van der Waals surface area contributed by atoms with Gasteiger partial charge >= 0.3 is 0 Å². The zero-order valence-corrected chi connectivity index (χ0v) is 10.1. The Labute approximate surface area is 73.4 Å². The zero-order chi connectivity index (χ0) is 9.07. The van der Waals surface area contributed by atoms with Crippen LogP contribution in [0.5, 0.6) is 0 Å². The second-order valence-corrected chi connectivity index (χ2v) is 10.5. The van der Waals surface area contributed by atoms with Crippen LogP contribution in [0.4, 0.5) is 0 Å². The fourth-order valence-corrected chi connectivity index (χ4v) is 6.88. The van der Waals surface area contributed by atoms with Crippen molar-refractivity contribution in [3.05, 3.63) is 0 Å². The molecule has 0 fully saturated rings. The molecule has 0 radical (unpaired) electrons. The van der Waals surface area contributed by atoms with Crippen LogP contribution >= 0.6 is 0 Å². The minimum absolute atomic E-state index is 0.829. The van der Waals surface area contributed by atoms with Crippen molar-refractivity contribution in [3.63, 3.8) is 0 Å². The van der Waals surface area contributed by atoms with Gasteiger partial charge in [-0.15, -0.1) is 0 Å². The molecule has 0 saturated carbocycles. The lowest BCUT2D eigenvalue weighted by Crippen LogP contribution is -2.28. The maximum absolute atomic E-state index is 2.52. The Morgan fingerprint density at radius 1 is 0.818 bits per heavy atom. The summed E-state index contributed by atoms with van der Waals surface area (Å²) in [7, 11) is -0.829. The monoisotopic (exact) mass is 172 g/mol. The molecule has 0 amide bonds. The Morgan fingerprint density at radius 2 is 1.09 bits per heavy atom. The average molecular weight is 172 g/mol. The summed E-state index contributed by atoms with van der Waals surface area (Å²) in [5.74, 6) is 1.80. The first-order chi connectivity index (χ1) is 4.83. The highest BCUT2D eigenvalue weighted by Gasteiger charge is 2.22. The SMILES string of the molecule is CC(C)C[Si](C)(C)CC(C)C. The van der Waals surface area contributed by atoms with Crippen LogP contribution in [0.25, 0.3) is 0 Å². The summed E-state index contributed by atoms with van der Waals surface area (Å²) in [6, 6.07) is 2.98. The minimum atomic E-state index is -0.829. The summed E-state index contributed by atoms with van der Waals surface area (Å²) in [6.07, 6.45) is 0. The molecule has 1 heteroatoms. The van der Waals surface area contributed by atoms with Crippen LogP contribution in [0.2, 0.25) is 25.2 Å². The van der Waals surface area contributed by atoms with E-state index in [1.807, 2.05) is 0 Å². The molecule has 0 spiro atoms. The van der Waals surface area contributed by atoms with Crippen LogP contribution in [-0.2, 0) is 0 Å². The quantitative estimate of drug-likeness (QED) is 0.562. The Balaban J connectivity index is 3.79. The highest BCUT2D eigenvalue weighted by atomic mass is 28.3. The van der Waals surface area contributed by atoms with E-state index in [1.165, 1.54) is 12.1 Å². The predicted octanol–water partition coefficient (Wildman–Crippen LogP) is 4.01. The molecule has 0 unspecified atom stereocenters. The molecule has 0 N–H and O–H groups in total. The summed E-state index contributed by atoms with van der Waals surface area (Å²) in [5, 5.41) is 0. The molecule has 0 nitrogen and oxygen atoms in total. The van der Waals surface area contributed by atoms with Gasteiger partial charge in [0.05, 0.1) is 0 Å². The number of hydrogen-bond acceptors (Lipinski definition) is 0. The molecule has 68 valence electrons. The maximum Gasteiger partial charge on any atom is 0.0478 e. The molecule has 0 aliphatic carbocycles. The summed E-state index contributed by atoms with van der Waals surface area (Å²) >= 11 is 0. The molecule has 0 heterocycles. The normalized spacial score (nSPS) is 13.1. The van der Waals surface area contributed by atoms with E-state index < -0.39 is 8.07 Å². The van der Waals surface area contributed by atoms with Gasteiger partial charge in [-0.05, 0) is 11.8 Å². The van der Waals surface area contributed by atoms with E-state index in [1.54, 1.807) is 0 Å². The summed E-state index contributed by atoms with van der Waals surface area (Å²) in [6.45, 7) is 14.4. The predicted molar refractivity (Wildman–Crippen MR) is 56.8 cm³/mol. The molecular formula is C10H24Si. The standard InChI is InChI=1S/C10H24Si/c1-9(2)7-11(5,6)8-10(3)4/h9-10H,7-8H2,1-6H3. The van der Waals surface area contributed by atoms with E-state index in [4.69, 9.17) is 0 Å². The topological polar surface area (TPSA) is 0 Å². The first-order valence-corrected chi connectivity index (χ1v) is 8.25. The van der Waals surface area contributed by atoms with Crippen molar-refractivity contribution in [1.29, 1.82) is 0 Å². The van der Waals surface area contributed by atoms with Crippen LogP contribution in [0.15, 0.2) is 0 Å². The number of rotatable bonds is 4. The number of hydrogen-bond donors (Lipinski definition) is 0. The van der Waals surface area contributed by atoms with Crippen LogP contribution in [0.1, 0.15) is 27.7 Å². The lowest BCUT2D eigenvalue weighted by Gasteiger charge is -2.26. The lowest BCUT2D eigenvalue weighted by atomic mass is 10.3. The van der Waals surface area contributed by atoms with Crippen LogP contribution in [0, 0.1) is 11.8 Å². The molecule has 0 bridgehead atoms. The third kappa shape index (κ3) is 6.61. The molecule has 0 saturated heterocycles. The largest absolute Gasteiger partial charge is 0.0693 e. The van der Waals surface area contributed by atoms with Gasteiger partial charge in [-0.3, -0.25) is 0 Å². The van der Waals surface area contributed by atoms with E-state index >= 15 is 0 Å². The van der Waals surface area contributed by atoms with Crippen molar-refractivity contribution in [1.82, 2.24) is 0 Å². The molecule has 0 aliphatic heterocycles. The van der Waals surface area contributed by atoms with Gasteiger partial charge in [0.25, 0.3) is 0 Å². The maximum atomic E-state index is 2.52. The van der Waals surface area contributed by atoms with Crippen molar-refractivity contribution in [3.8, 4) is 0 Å². The van der Waals surface area contributed by atoms with Crippen LogP contribution < -0.4 is 0 Å². The molecule has 0 aromatic carbocycles. The summed E-state index contributed by atoms with van der Waals surface area (Å²) < 4.78 is 0. The third-order valence-corrected chi connectivity index (χ3v) is 5.77. The zero-order valence-electron chi connectivity index (χ0n) is 9.07. The van der Waals surface area contributed by atoms with E-state index in [9.17, 15) is 0 Å². The van der Waals surface area contributed by atoms with Gasteiger partial charge in [0.15, 0.2) is 0 Å². The van der Waals surface area contributed by atoms with Gasteiger partial charge < -0.3 is 0 Å². The van der Waals surface area contributed by atoms with Crippen LogP contribution in [-0.4, -0.2) is 8.07 Å². The van der Waals surface area contributed by atoms with Gasteiger partial charge in [-0.2, -0.15) is 0 Å². The highest BCUT2D eigenvalue weighted by Crippen LogP contribution is 2.24. The second-order valence-electron chi connectivity index (χ2n) is 5.36. The molecule has 0 aromatic rings. The third-order valence-electron chi connectivity index (χ3n) is 1.92. The first kappa shape index (κ1) is 11.2. The smallest absolute Gasteiger partial charge is 0.0478 e. The van der Waals surface area contributed by atoms with E-state index in [-0.39, 0.29) is 0 Å². The Morgan fingerprint density at radius 3 is 1.27 bits per heavy atom. The van der Waals surface area contributed by atoms with Crippen molar-refractivity contribution in [2.24, 2.45) is 11.8 Å². The van der Waals surface area contributed by atoms with Gasteiger partial charge in [-0.25, -0.2) is 0 Å². The molecule has 0 aliphatic rings. The van der Waals surface area contributed by atoms with Crippen molar-refractivity contribution < 1.29 is 0 Å². The van der Waals surface area contributed by atoms with Crippen molar-refractivity contribution in [2.75, 3.05) is 0 Å². The van der Waals surface area contributed by atoms with E-state index in [0.29, 0.717) is 0 Å².